The molecule has 0 spiro atoms. The van der Waals surface area contributed by atoms with Crippen LogP contribution in [0.4, 0.5) is 23.7 Å². The van der Waals surface area contributed by atoms with E-state index in [1.165, 1.54) is 12.1 Å². The number of carbonyl (C=O) groups is 2. The van der Waals surface area contributed by atoms with E-state index in [2.05, 4.69) is 16.0 Å². The van der Waals surface area contributed by atoms with E-state index in [1.54, 1.807) is 0 Å². The number of halogens is 3. The predicted octanol–water partition coefficient (Wildman–Crippen LogP) is 1.52. The summed E-state index contributed by atoms with van der Waals surface area (Å²) >= 11 is 0. The van der Waals surface area contributed by atoms with Gasteiger partial charge in [-0.1, -0.05) is 6.07 Å². The second kappa shape index (κ2) is 7.94. The molecule has 0 unspecified atom stereocenters. The van der Waals surface area contributed by atoms with Gasteiger partial charge in [0, 0.05) is 24.7 Å². The van der Waals surface area contributed by atoms with Gasteiger partial charge in [0.25, 0.3) is 0 Å². The molecule has 1 aliphatic heterocycles. The quantitative estimate of drug-likeness (QED) is 0.706. The summed E-state index contributed by atoms with van der Waals surface area (Å²) in [6, 6.07) is 3.16. The summed E-state index contributed by atoms with van der Waals surface area (Å²) in [4.78, 5) is 23.4. The second-order valence-corrected chi connectivity index (χ2v) is 8.11. The second-order valence-electron chi connectivity index (χ2n) is 5.88. The number of hydrogen-bond donors (Lipinski definition) is 3. The van der Waals surface area contributed by atoms with Crippen molar-refractivity contribution in [3.63, 3.8) is 0 Å². The first-order valence-electron chi connectivity index (χ1n) is 7.77. The highest BCUT2D eigenvalue weighted by Gasteiger charge is 2.30. The summed E-state index contributed by atoms with van der Waals surface area (Å²) < 4.78 is 60.4. The highest BCUT2D eigenvalue weighted by molar-refractivity contribution is 7.91. The molecule has 1 aromatic carbocycles. The monoisotopic (exact) mass is 393 g/mol. The van der Waals surface area contributed by atoms with Crippen LogP contribution in [0.5, 0.6) is 0 Å². The van der Waals surface area contributed by atoms with E-state index in [-0.39, 0.29) is 30.2 Å². The third kappa shape index (κ3) is 6.21. The fourth-order valence-electron chi connectivity index (χ4n) is 2.43. The van der Waals surface area contributed by atoms with Crippen LogP contribution in [0.25, 0.3) is 0 Å². The molecule has 2 rings (SSSR count). The highest BCUT2D eigenvalue weighted by Crippen LogP contribution is 2.30. The summed E-state index contributed by atoms with van der Waals surface area (Å²) in [6.45, 7) is -0.0455. The van der Waals surface area contributed by atoms with Crippen molar-refractivity contribution in [1.82, 2.24) is 10.6 Å². The molecule has 0 radical (unpaired) electrons. The molecule has 1 fully saturated rings. The van der Waals surface area contributed by atoms with Crippen molar-refractivity contribution in [1.29, 1.82) is 0 Å². The largest absolute Gasteiger partial charge is 0.416 e. The van der Waals surface area contributed by atoms with Gasteiger partial charge in [-0.15, -0.1) is 0 Å². The van der Waals surface area contributed by atoms with Gasteiger partial charge in [0.15, 0.2) is 9.84 Å². The minimum atomic E-state index is -4.51. The Morgan fingerprint density at radius 3 is 2.58 bits per heavy atom. The average Bonchev–Trinajstić information content (AvgIpc) is 2.85. The number of hydrogen-bond acceptors (Lipinski definition) is 4. The number of nitrogens with one attached hydrogen (secondary N) is 3. The smallest absolute Gasteiger partial charge is 0.338 e. The van der Waals surface area contributed by atoms with Gasteiger partial charge in [-0.05, 0) is 24.6 Å². The summed E-state index contributed by atoms with van der Waals surface area (Å²) in [5.41, 5.74) is -0.871. The molecule has 0 aromatic heterocycles. The molecule has 3 amide bonds. The third-order valence-corrected chi connectivity index (χ3v) is 5.45. The Bertz CT molecular complexity index is 781. The van der Waals surface area contributed by atoms with Gasteiger partial charge in [0.05, 0.1) is 17.1 Å². The first-order valence-corrected chi connectivity index (χ1v) is 9.59. The van der Waals surface area contributed by atoms with E-state index in [1.807, 2.05) is 0 Å². The maximum Gasteiger partial charge on any atom is 0.416 e. The fraction of sp³-hybridized carbons (Fsp3) is 0.467. The number of sulfone groups is 1. The summed E-state index contributed by atoms with van der Waals surface area (Å²) in [5.74, 6) is -0.651. The molecule has 1 aromatic rings. The van der Waals surface area contributed by atoms with Gasteiger partial charge in [-0.2, -0.15) is 13.2 Å². The average molecular weight is 393 g/mol. The molecule has 0 bridgehead atoms. The van der Waals surface area contributed by atoms with Crippen LogP contribution in [0, 0.1) is 0 Å². The van der Waals surface area contributed by atoms with Gasteiger partial charge in [-0.25, -0.2) is 13.2 Å². The van der Waals surface area contributed by atoms with Crippen LogP contribution >= 0.6 is 0 Å². The topological polar surface area (TPSA) is 104 Å². The van der Waals surface area contributed by atoms with E-state index in [0.29, 0.717) is 6.42 Å². The van der Waals surface area contributed by atoms with Crippen LogP contribution in [-0.4, -0.2) is 44.4 Å². The summed E-state index contributed by atoms with van der Waals surface area (Å²) in [7, 11) is -3.11. The number of rotatable bonds is 5. The first-order chi connectivity index (χ1) is 12.0. The van der Waals surface area contributed by atoms with Crippen LogP contribution in [0.3, 0.4) is 0 Å². The Morgan fingerprint density at radius 1 is 1.23 bits per heavy atom. The lowest BCUT2D eigenvalue weighted by atomic mass is 10.2. The van der Waals surface area contributed by atoms with Crippen molar-refractivity contribution in [2.24, 2.45) is 0 Å². The molecular formula is C15H18F3N3O4S. The third-order valence-electron chi connectivity index (χ3n) is 3.68. The number of alkyl halides is 3. The van der Waals surface area contributed by atoms with Gasteiger partial charge >= 0.3 is 12.2 Å². The molecule has 11 heteroatoms. The molecule has 1 heterocycles. The van der Waals surface area contributed by atoms with E-state index in [0.717, 1.165) is 12.1 Å². The zero-order valence-electron chi connectivity index (χ0n) is 13.6. The summed E-state index contributed by atoms with van der Waals surface area (Å²) in [6.07, 6.45) is -4.31. The normalized spacial score (nSPS) is 19.0. The molecule has 0 saturated carbocycles. The van der Waals surface area contributed by atoms with E-state index < -0.39 is 39.6 Å². The highest BCUT2D eigenvalue weighted by atomic mass is 32.2. The van der Waals surface area contributed by atoms with E-state index in [9.17, 15) is 31.2 Å². The zero-order valence-corrected chi connectivity index (χ0v) is 14.4. The van der Waals surface area contributed by atoms with Gasteiger partial charge in [0.2, 0.25) is 5.91 Å². The number of amides is 3. The van der Waals surface area contributed by atoms with E-state index in [4.69, 9.17) is 0 Å². The Kier molecular flexibility index (Phi) is 6.11. The van der Waals surface area contributed by atoms with Crippen LogP contribution < -0.4 is 16.0 Å². The minimum Gasteiger partial charge on any atom is -0.338 e. The van der Waals surface area contributed by atoms with Crippen LogP contribution in [-0.2, 0) is 20.8 Å². The van der Waals surface area contributed by atoms with Gasteiger partial charge in [0.1, 0.15) is 0 Å². The van der Waals surface area contributed by atoms with Crippen molar-refractivity contribution in [3.8, 4) is 0 Å². The van der Waals surface area contributed by atoms with Crippen molar-refractivity contribution in [2.45, 2.75) is 25.1 Å². The van der Waals surface area contributed by atoms with Crippen LogP contribution in [0.2, 0.25) is 0 Å². The number of anilines is 1. The summed E-state index contributed by atoms with van der Waals surface area (Å²) in [5, 5.41) is 7.22. The Morgan fingerprint density at radius 2 is 1.96 bits per heavy atom. The Labute approximate surface area is 148 Å². The van der Waals surface area contributed by atoms with Gasteiger partial charge < -0.3 is 16.0 Å². The molecule has 144 valence electrons. The lowest BCUT2D eigenvalue weighted by molar-refractivity contribution is -0.137. The molecule has 1 saturated heterocycles. The Hall–Kier alpha value is -2.30. The van der Waals surface area contributed by atoms with Crippen molar-refractivity contribution >= 4 is 27.5 Å². The van der Waals surface area contributed by atoms with Crippen LogP contribution in [0.1, 0.15) is 18.4 Å². The Balaban J connectivity index is 1.73. The molecule has 7 nitrogen and oxygen atoms in total. The standard InChI is InChI=1S/C15H18F3N3O4S/c16-15(17,18)10-2-1-3-11(8-10)20-13(22)4-6-19-14(23)21-12-5-7-26(24,25)9-12/h1-3,8,12H,4-7,9H2,(H,20,22)(H2,19,21,23)/t12-/m1/s1. The van der Waals surface area contributed by atoms with Crippen molar-refractivity contribution in [3.05, 3.63) is 29.8 Å². The first kappa shape index (κ1) is 20.0. The minimum absolute atomic E-state index is 0.00504. The molecule has 1 atom stereocenters. The molecule has 26 heavy (non-hydrogen) atoms. The number of carbonyl (C=O) groups excluding carboxylic acids is 2. The van der Waals surface area contributed by atoms with E-state index >= 15 is 0 Å². The maximum absolute atomic E-state index is 12.6. The zero-order chi connectivity index (χ0) is 19.4. The van der Waals surface area contributed by atoms with Crippen LogP contribution in [0.15, 0.2) is 24.3 Å². The SMILES string of the molecule is O=C(CCNC(=O)N[C@@H]1CCS(=O)(=O)C1)Nc1cccc(C(F)(F)F)c1. The van der Waals surface area contributed by atoms with Crippen molar-refractivity contribution < 1.29 is 31.2 Å². The lowest BCUT2D eigenvalue weighted by Gasteiger charge is -2.12. The molecule has 1 aliphatic rings. The number of benzene rings is 1. The maximum atomic E-state index is 12.6. The van der Waals surface area contributed by atoms with Crippen molar-refractivity contribution in [2.75, 3.05) is 23.4 Å². The molecule has 3 N–H and O–H groups in total. The number of urea groups is 1. The predicted molar refractivity (Wildman–Crippen MR) is 88.3 cm³/mol. The lowest BCUT2D eigenvalue weighted by Crippen LogP contribution is -2.43. The molecule has 0 aliphatic carbocycles. The van der Waals surface area contributed by atoms with Gasteiger partial charge in [-0.3, -0.25) is 4.79 Å². The fourth-order valence-corrected chi connectivity index (χ4v) is 4.10. The molecular weight excluding hydrogens is 375 g/mol.